The monoisotopic (exact) mass is 211 g/mol. The normalized spacial score (nSPS) is 12.5. The molecule has 1 N–H and O–H groups in total. The van der Waals surface area contributed by atoms with Crippen LogP contribution in [0.1, 0.15) is 24.9 Å². The van der Waals surface area contributed by atoms with Gasteiger partial charge in [0.15, 0.2) is 0 Å². The van der Waals surface area contributed by atoms with Crippen LogP contribution in [0.2, 0.25) is 0 Å². The molecule has 0 radical (unpaired) electrons. The lowest BCUT2D eigenvalue weighted by molar-refractivity contribution is 0.507. The molecule has 0 aliphatic carbocycles. The van der Waals surface area contributed by atoms with Gasteiger partial charge in [-0.2, -0.15) is 0 Å². The number of benzene rings is 1. The maximum absolute atomic E-state index is 13.4. The second-order valence-corrected chi connectivity index (χ2v) is 3.30. The van der Waals surface area contributed by atoms with Crippen LogP contribution in [0.4, 0.5) is 8.78 Å². The quantitative estimate of drug-likeness (QED) is 0.737. The standard InChI is InChI=1S/C12H15F2N/c1-3-5-12(15-4-2)10-7-6-9(13)8-11(10)14/h3,6-8,12,15H,1,4-5H2,2H3. The van der Waals surface area contributed by atoms with Gasteiger partial charge in [0.2, 0.25) is 0 Å². The molecular weight excluding hydrogens is 196 g/mol. The Morgan fingerprint density at radius 2 is 2.20 bits per heavy atom. The molecule has 1 unspecified atom stereocenters. The third kappa shape index (κ3) is 3.13. The molecule has 15 heavy (non-hydrogen) atoms. The summed E-state index contributed by atoms with van der Waals surface area (Å²) in [6, 6.07) is 3.52. The van der Waals surface area contributed by atoms with Crippen molar-refractivity contribution in [2.75, 3.05) is 6.54 Å². The van der Waals surface area contributed by atoms with Crippen molar-refractivity contribution < 1.29 is 8.78 Å². The molecule has 0 spiro atoms. The fraction of sp³-hybridized carbons (Fsp3) is 0.333. The minimum atomic E-state index is -0.551. The van der Waals surface area contributed by atoms with E-state index < -0.39 is 11.6 Å². The van der Waals surface area contributed by atoms with E-state index in [1.54, 1.807) is 6.08 Å². The summed E-state index contributed by atoms with van der Waals surface area (Å²) in [7, 11) is 0. The van der Waals surface area contributed by atoms with Crippen LogP contribution in [0.3, 0.4) is 0 Å². The lowest BCUT2D eigenvalue weighted by atomic mass is 10.0. The number of hydrogen-bond donors (Lipinski definition) is 1. The number of halogens is 2. The van der Waals surface area contributed by atoms with E-state index in [4.69, 9.17) is 0 Å². The summed E-state index contributed by atoms with van der Waals surface area (Å²) in [5.41, 5.74) is 0.484. The van der Waals surface area contributed by atoms with Gasteiger partial charge in [0.25, 0.3) is 0 Å². The van der Waals surface area contributed by atoms with E-state index in [0.29, 0.717) is 12.0 Å². The van der Waals surface area contributed by atoms with E-state index in [-0.39, 0.29) is 6.04 Å². The van der Waals surface area contributed by atoms with E-state index in [2.05, 4.69) is 11.9 Å². The first-order chi connectivity index (χ1) is 7.19. The molecule has 0 saturated heterocycles. The molecule has 1 aromatic rings. The van der Waals surface area contributed by atoms with Crippen LogP contribution in [0.25, 0.3) is 0 Å². The SMILES string of the molecule is C=CCC(NCC)c1ccc(F)cc1F. The Bertz CT molecular complexity index is 336. The highest BCUT2D eigenvalue weighted by atomic mass is 19.1. The maximum atomic E-state index is 13.4. The average molecular weight is 211 g/mol. The first-order valence-electron chi connectivity index (χ1n) is 4.98. The van der Waals surface area contributed by atoms with Gasteiger partial charge in [0, 0.05) is 17.7 Å². The Labute approximate surface area is 88.8 Å². The zero-order valence-electron chi connectivity index (χ0n) is 8.76. The van der Waals surface area contributed by atoms with E-state index in [1.807, 2.05) is 6.92 Å². The predicted molar refractivity (Wildman–Crippen MR) is 57.6 cm³/mol. The Morgan fingerprint density at radius 3 is 2.73 bits per heavy atom. The lowest BCUT2D eigenvalue weighted by Crippen LogP contribution is -2.21. The Morgan fingerprint density at radius 1 is 1.47 bits per heavy atom. The lowest BCUT2D eigenvalue weighted by Gasteiger charge is -2.17. The molecule has 0 aliphatic rings. The molecule has 82 valence electrons. The van der Waals surface area contributed by atoms with Gasteiger partial charge in [0.1, 0.15) is 11.6 Å². The highest BCUT2D eigenvalue weighted by Gasteiger charge is 2.13. The molecule has 0 aromatic heterocycles. The fourth-order valence-electron chi connectivity index (χ4n) is 1.52. The highest BCUT2D eigenvalue weighted by molar-refractivity contribution is 5.22. The van der Waals surface area contributed by atoms with Crippen LogP contribution in [-0.4, -0.2) is 6.54 Å². The summed E-state index contributed by atoms with van der Waals surface area (Å²) >= 11 is 0. The van der Waals surface area contributed by atoms with Crippen molar-refractivity contribution in [1.82, 2.24) is 5.32 Å². The van der Waals surface area contributed by atoms with Crippen molar-refractivity contribution >= 4 is 0 Å². The minimum absolute atomic E-state index is 0.131. The molecule has 3 heteroatoms. The molecule has 0 aliphatic heterocycles. The van der Waals surface area contributed by atoms with Crippen molar-refractivity contribution in [2.24, 2.45) is 0 Å². The van der Waals surface area contributed by atoms with Crippen molar-refractivity contribution in [1.29, 1.82) is 0 Å². The van der Waals surface area contributed by atoms with E-state index in [1.165, 1.54) is 12.1 Å². The Balaban J connectivity index is 2.94. The van der Waals surface area contributed by atoms with Crippen LogP contribution in [0.15, 0.2) is 30.9 Å². The Kier molecular flexibility index (Phi) is 4.43. The summed E-state index contributed by atoms with van der Waals surface area (Å²) in [5.74, 6) is -1.06. The van der Waals surface area contributed by atoms with E-state index in [0.717, 1.165) is 12.6 Å². The van der Waals surface area contributed by atoms with Crippen molar-refractivity contribution in [3.63, 3.8) is 0 Å². The van der Waals surface area contributed by atoms with Crippen molar-refractivity contribution in [3.8, 4) is 0 Å². The number of hydrogen-bond acceptors (Lipinski definition) is 1. The largest absolute Gasteiger partial charge is 0.310 e. The fourth-order valence-corrected chi connectivity index (χ4v) is 1.52. The minimum Gasteiger partial charge on any atom is -0.310 e. The van der Waals surface area contributed by atoms with Crippen molar-refractivity contribution in [3.05, 3.63) is 48.1 Å². The molecule has 1 nitrogen and oxygen atoms in total. The number of rotatable bonds is 5. The molecule has 1 atom stereocenters. The van der Waals surface area contributed by atoms with Gasteiger partial charge in [-0.15, -0.1) is 6.58 Å². The molecule has 0 amide bonds. The molecule has 1 aromatic carbocycles. The first kappa shape index (κ1) is 11.9. The average Bonchev–Trinajstić information content (AvgIpc) is 2.17. The van der Waals surface area contributed by atoms with Crippen LogP contribution < -0.4 is 5.32 Å². The molecule has 0 heterocycles. The summed E-state index contributed by atoms with van der Waals surface area (Å²) in [4.78, 5) is 0. The zero-order chi connectivity index (χ0) is 11.3. The van der Waals surface area contributed by atoms with Gasteiger partial charge >= 0.3 is 0 Å². The van der Waals surface area contributed by atoms with Crippen LogP contribution >= 0.6 is 0 Å². The molecular formula is C12H15F2N. The van der Waals surface area contributed by atoms with Gasteiger partial charge in [-0.05, 0) is 19.0 Å². The van der Waals surface area contributed by atoms with Gasteiger partial charge in [-0.25, -0.2) is 8.78 Å². The zero-order valence-corrected chi connectivity index (χ0v) is 8.76. The summed E-state index contributed by atoms with van der Waals surface area (Å²) in [5, 5.41) is 3.13. The van der Waals surface area contributed by atoms with Gasteiger partial charge < -0.3 is 5.32 Å². The predicted octanol–water partition coefficient (Wildman–Crippen LogP) is 3.19. The smallest absolute Gasteiger partial charge is 0.130 e. The Hall–Kier alpha value is -1.22. The molecule has 0 fully saturated rings. The van der Waals surface area contributed by atoms with E-state index >= 15 is 0 Å². The summed E-state index contributed by atoms with van der Waals surface area (Å²) in [6.45, 7) is 6.29. The third-order valence-electron chi connectivity index (χ3n) is 2.19. The summed E-state index contributed by atoms with van der Waals surface area (Å²) < 4.78 is 26.1. The highest BCUT2D eigenvalue weighted by Crippen LogP contribution is 2.21. The van der Waals surface area contributed by atoms with E-state index in [9.17, 15) is 8.78 Å². The molecule has 0 bridgehead atoms. The summed E-state index contributed by atoms with van der Waals surface area (Å²) in [6.07, 6.45) is 2.34. The van der Waals surface area contributed by atoms with Crippen LogP contribution in [0.5, 0.6) is 0 Å². The second-order valence-electron chi connectivity index (χ2n) is 3.30. The van der Waals surface area contributed by atoms with Gasteiger partial charge in [0.05, 0.1) is 0 Å². The molecule has 1 rings (SSSR count). The topological polar surface area (TPSA) is 12.0 Å². The first-order valence-corrected chi connectivity index (χ1v) is 4.98. The second kappa shape index (κ2) is 5.61. The maximum Gasteiger partial charge on any atom is 0.130 e. The molecule has 0 saturated carbocycles. The third-order valence-corrected chi connectivity index (χ3v) is 2.19. The van der Waals surface area contributed by atoms with Gasteiger partial charge in [-0.1, -0.05) is 19.1 Å². The number of nitrogens with one attached hydrogen (secondary N) is 1. The van der Waals surface area contributed by atoms with Crippen LogP contribution in [0, 0.1) is 11.6 Å². The van der Waals surface area contributed by atoms with Crippen LogP contribution in [-0.2, 0) is 0 Å². The van der Waals surface area contributed by atoms with Crippen molar-refractivity contribution in [2.45, 2.75) is 19.4 Å². The van der Waals surface area contributed by atoms with Gasteiger partial charge in [-0.3, -0.25) is 0 Å².